The topological polar surface area (TPSA) is 19.0 Å². The molecular weight excluding hydrogens is 1040 g/mol. The minimum Gasteiger partial charge on any atom is -0.458 e. The van der Waals surface area contributed by atoms with Crippen molar-refractivity contribution in [3.63, 3.8) is 0 Å². The van der Waals surface area contributed by atoms with Crippen molar-refractivity contribution in [1.29, 1.82) is 0 Å². The van der Waals surface area contributed by atoms with E-state index in [0.717, 1.165) is 57.0 Å². The molecule has 0 atom stereocenters. The van der Waals surface area contributed by atoms with Crippen LogP contribution in [0.3, 0.4) is 0 Å². The van der Waals surface area contributed by atoms with Gasteiger partial charge in [-0.1, -0.05) is 236 Å². The van der Waals surface area contributed by atoms with Crippen LogP contribution in [0.15, 0.2) is 182 Å². The highest BCUT2D eigenvalue weighted by molar-refractivity contribution is 6.99. The van der Waals surface area contributed by atoms with Gasteiger partial charge in [0.25, 0.3) is 6.71 Å². The van der Waals surface area contributed by atoms with Crippen LogP contribution >= 0.6 is 0 Å². The Morgan fingerprint density at radius 2 is 0.767 bits per heavy atom. The van der Waals surface area contributed by atoms with Crippen molar-refractivity contribution in [3.8, 4) is 22.6 Å². The Morgan fingerprint density at radius 3 is 1.23 bits per heavy atom. The van der Waals surface area contributed by atoms with Crippen LogP contribution in [-0.4, -0.2) is 6.71 Å². The first kappa shape index (κ1) is 58.6. The second kappa shape index (κ2) is 20.2. The van der Waals surface area contributed by atoms with E-state index in [2.05, 4.69) is 335 Å². The summed E-state index contributed by atoms with van der Waals surface area (Å²) in [5.41, 5.74) is 26.0. The van der Waals surface area contributed by atoms with Gasteiger partial charge in [-0.05, 0) is 178 Å². The Bertz CT molecular complexity index is 3970. The fourth-order valence-corrected chi connectivity index (χ4v) is 13.6. The van der Waals surface area contributed by atoms with Gasteiger partial charge in [0.1, 0.15) is 11.5 Å². The molecule has 9 aromatic rings. The summed E-state index contributed by atoms with van der Waals surface area (Å²) in [6.45, 7) is 46.3. The summed E-state index contributed by atoms with van der Waals surface area (Å²) in [5.74, 6) is 1.78. The second-order valence-corrected chi connectivity index (χ2v) is 31.7. The van der Waals surface area contributed by atoms with E-state index in [1.807, 2.05) is 0 Å². The van der Waals surface area contributed by atoms with Gasteiger partial charge in [0.2, 0.25) is 0 Å². The molecule has 0 radical (unpaired) electrons. The summed E-state index contributed by atoms with van der Waals surface area (Å²) in [6, 6.07) is 70.3. The highest BCUT2D eigenvalue weighted by Gasteiger charge is 2.47. The van der Waals surface area contributed by atoms with Crippen molar-refractivity contribution in [2.75, 3.05) is 14.7 Å². The Labute approximate surface area is 516 Å². The molecule has 2 heterocycles. The van der Waals surface area contributed by atoms with Crippen molar-refractivity contribution in [1.82, 2.24) is 0 Å². The fourth-order valence-electron chi connectivity index (χ4n) is 13.6. The van der Waals surface area contributed by atoms with Crippen molar-refractivity contribution in [3.05, 3.63) is 226 Å². The molecule has 0 spiro atoms. The number of hydrogen-bond donors (Lipinski definition) is 0. The van der Waals surface area contributed by atoms with Gasteiger partial charge < -0.3 is 19.4 Å². The van der Waals surface area contributed by atoms with Crippen LogP contribution in [0.1, 0.15) is 183 Å². The molecule has 0 amide bonds. The Morgan fingerprint density at radius 1 is 0.360 bits per heavy atom. The Kier molecular flexibility index (Phi) is 13.7. The predicted molar refractivity (Wildman–Crippen MR) is 371 cm³/mol. The maximum absolute atomic E-state index is 7.51. The summed E-state index contributed by atoms with van der Waals surface area (Å²) in [7, 11) is 0. The number of ether oxygens (including phenoxy) is 1. The lowest BCUT2D eigenvalue weighted by atomic mass is 9.33. The largest absolute Gasteiger partial charge is 0.458 e. The predicted octanol–water partition coefficient (Wildman–Crippen LogP) is 21.1. The molecule has 0 fully saturated rings. The molecule has 438 valence electrons. The van der Waals surface area contributed by atoms with Crippen LogP contribution in [0, 0.1) is 0 Å². The first-order valence-corrected chi connectivity index (χ1v) is 31.4. The monoisotopic (exact) mass is 1130 g/mol. The zero-order chi connectivity index (χ0) is 61.6. The summed E-state index contributed by atoms with van der Waals surface area (Å²) < 4.78 is 7.51. The third kappa shape index (κ3) is 10.1. The average Bonchev–Trinajstić information content (AvgIpc) is 1.19. The number of benzene rings is 9. The number of rotatable bonds is 7. The van der Waals surface area contributed by atoms with Gasteiger partial charge in [-0.2, -0.15) is 0 Å². The molecule has 2 aliphatic heterocycles. The number of hydrogen-bond acceptors (Lipinski definition) is 4. The lowest BCUT2D eigenvalue weighted by molar-refractivity contribution is 0.486. The van der Waals surface area contributed by atoms with Crippen molar-refractivity contribution < 1.29 is 4.74 Å². The summed E-state index contributed by atoms with van der Waals surface area (Å²) >= 11 is 0. The molecule has 12 rings (SSSR count). The van der Waals surface area contributed by atoms with Crippen LogP contribution in [0.2, 0.25) is 0 Å². The van der Waals surface area contributed by atoms with E-state index >= 15 is 0 Å². The van der Waals surface area contributed by atoms with E-state index in [1.54, 1.807) is 0 Å². The number of nitrogens with zero attached hydrogens (tertiary/aromatic N) is 3. The third-order valence-corrected chi connectivity index (χ3v) is 18.8. The molecule has 0 bridgehead atoms. The van der Waals surface area contributed by atoms with Crippen LogP contribution in [0.5, 0.6) is 11.5 Å². The first-order chi connectivity index (χ1) is 40.2. The SMILES string of the molecule is CC(C)(C)c1ccc(N(c2ccc(C(C)(C)C)cc2)c2cc3c4c(c2)N(c2ccc(N(c5ccc(C(C)(C)C)cc5)c5ccc(C(C)(C)C)cc5)c5c2C(C)(C)c2ccccc2-5)c2ccc(C(C)(C)C)cc2B4c2cc(C(C)(C)C)ccc2O3)cc1. The van der Waals surface area contributed by atoms with Crippen LogP contribution in [-0.2, 0) is 37.9 Å². The lowest BCUT2D eigenvalue weighted by Crippen LogP contribution is -2.60. The summed E-state index contributed by atoms with van der Waals surface area (Å²) in [6.07, 6.45) is 0. The normalized spacial score (nSPS) is 14.4. The van der Waals surface area contributed by atoms with Crippen molar-refractivity contribution in [2.45, 2.75) is 176 Å². The van der Waals surface area contributed by atoms with Crippen molar-refractivity contribution >= 4 is 74.3 Å². The molecule has 86 heavy (non-hydrogen) atoms. The summed E-state index contributed by atoms with van der Waals surface area (Å²) in [5, 5.41) is 0. The molecule has 4 nitrogen and oxygen atoms in total. The molecule has 0 N–H and O–H groups in total. The molecule has 9 aromatic carbocycles. The van der Waals surface area contributed by atoms with Crippen LogP contribution in [0.4, 0.5) is 51.2 Å². The maximum atomic E-state index is 7.51. The van der Waals surface area contributed by atoms with Crippen molar-refractivity contribution in [2.24, 2.45) is 0 Å². The van der Waals surface area contributed by atoms with Gasteiger partial charge in [-0.15, -0.1) is 0 Å². The second-order valence-electron chi connectivity index (χ2n) is 31.7. The van der Waals surface area contributed by atoms with Crippen LogP contribution < -0.4 is 35.8 Å². The van der Waals surface area contributed by atoms with E-state index < -0.39 is 5.41 Å². The maximum Gasteiger partial charge on any atom is 0.256 e. The zero-order valence-corrected chi connectivity index (χ0v) is 55.1. The molecule has 0 saturated heterocycles. The minimum atomic E-state index is -0.421. The molecule has 1 aliphatic carbocycles. The van der Waals surface area contributed by atoms with E-state index in [1.165, 1.54) is 77.7 Å². The number of anilines is 9. The van der Waals surface area contributed by atoms with Gasteiger partial charge in [0.05, 0.1) is 17.1 Å². The molecule has 0 unspecified atom stereocenters. The van der Waals surface area contributed by atoms with Gasteiger partial charge in [-0.25, -0.2) is 0 Å². The molecule has 0 aromatic heterocycles. The molecule has 5 heteroatoms. The van der Waals surface area contributed by atoms with Gasteiger partial charge in [0.15, 0.2) is 0 Å². The fraction of sp³-hybridized carbons (Fsp3) is 0.333. The zero-order valence-electron chi connectivity index (χ0n) is 55.1. The molecule has 3 aliphatic rings. The third-order valence-electron chi connectivity index (χ3n) is 18.8. The Hall–Kier alpha value is -7.76. The quantitative estimate of drug-likeness (QED) is 0.148. The lowest BCUT2D eigenvalue weighted by Gasteiger charge is -2.43. The van der Waals surface area contributed by atoms with Gasteiger partial charge in [-0.3, -0.25) is 0 Å². The highest BCUT2D eigenvalue weighted by Crippen LogP contribution is 2.60. The van der Waals surface area contributed by atoms with Crippen LogP contribution in [0.25, 0.3) is 11.1 Å². The van der Waals surface area contributed by atoms with Gasteiger partial charge >= 0.3 is 0 Å². The highest BCUT2D eigenvalue weighted by atomic mass is 16.5. The Balaban J connectivity index is 1.18. The van der Waals surface area contributed by atoms with E-state index in [4.69, 9.17) is 4.74 Å². The van der Waals surface area contributed by atoms with E-state index in [0.29, 0.717) is 0 Å². The smallest absolute Gasteiger partial charge is 0.256 e. The number of fused-ring (bicyclic) bond motifs is 7. The summed E-state index contributed by atoms with van der Waals surface area (Å²) in [4.78, 5) is 7.61. The van der Waals surface area contributed by atoms with E-state index in [-0.39, 0.29) is 39.2 Å². The minimum absolute atomic E-state index is 0.00422. The van der Waals surface area contributed by atoms with E-state index in [9.17, 15) is 0 Å². The molecular formula is C81H90BN3O. The average molecular weight is 1130 g/mol. The first-order valence-electron chi connectivity index (χ1n) is 31.4. The standard InChI is InChI=1S/C81H90BN3O/c1-75(2,3)51-25-35-57(36-26-51)83(58-37-27-52(28-38-58)76(4,5)6)61-49-69-74-71(50-61)86-70-46-34-56(80(16,17)18)48-65(70)82(74)64-47-55(79(13,14)15)33-43-66(64)85(69)68-45-44-67(72-62-23-21-22-24-63(62)81(19,20)73(68)72)84(59-39-29-53(30-40-59)77(7,8)9)60-41-31-54(32-42-60)78(10,11)12/h21-50H,1-20H3. The molecule has 0 saturated carbocycles. The van der Waals surface area contributed by atoms with Gasteiger partial charge in [0, 0.05) is 51.2 Å².